The Morgan fingerprint density at radius 3 is 2.35 bits per heavy atom. The van der Waals surface area contributed by atoms with Crippen molar-refractivity contribution in [3.8, 4) is 16.9 Å². The average molecular weight is 672 g/mol. The van der Waals surface area contributed by atoms with Crippen molar-refractivity contribution in [1.29, 1.82) is 0 Å². The third kappa shape index (κ3) is 8.74. The molecule has 2 atom stereocenters. The zero-order valence-corrected chi connectivity index (χ0v) is 28.3. The fourth-order valence-electron chi connectivity index (χ4n) is 5.93. The molecule has 2 unspecified atom stereocenters. The van der Waals surface area contributed by atoms with Crippen LogP contribution in [0.2, 0.25) is 0 Å². The number of nitrogens with zero attached hydrogens (tertiary/aromatic N) is 1. The first-order valence-corrected chi connectivity index (χ1v) is 19.1. The van der Waals surface area contributed by atoms with Crippen molar-refractivity contribution in [1.82, 2.24) is 14.9 Å². The van der Waals surface area contributed by atoms with Crippen LogP contribution in [0.4, 0.5) is 0 Å². The van der Waals surface area contributed by atoms with Crippen LogP contribution in [-0.2, 0) is 31.1 Å². The topological polar surface area (TPSA) is 134 Å². The van der Waals surface area contributed by atoms with Crippen LogP contribution in [0.15, 0.2) is 82.6 Å². The van der Waals surface area contributed by atoms with Gasteiger partial charge in [-0.3, -0.25) is 0 Å². The molecule has 46 heavy (non-hydrogen) atoms. The van der Waals surface area contributed by atoms with Gasteiger partial charge in [0, 0.05) is 44.5 Å². The molecule has 2 heterocycles. The normalized spacial score (nSPS) is 19.5. The summed E-state index contributed by atoms with van der Waals surface area (Å²) in [6.45, 7) is 6.52. The largest absolute Gasteiger partial charge is 0.491 e. The van der Waals surface area contributed by atoms with E-state index in [1.54, 1.807) is 34.6 Å². The van der Waals surface area contributed by atoms with Crippen molar-refractivity contribution in [2.24, 2.45) is 0 Å². The molecule has 0 radical (unpaired) electrons. The van der Waals surface area contributed by atoms with E-state index < -0.39 is 31.6 Å². The highest BCUT2D eigenvalue weighted by Crippen LogP contribution is 2.37. The summed E-state index contributed by atoms with van der Waals surface area (Å²) in [6.07, 6.45) is 2.25. The molecule has 2 aliphatic heterocycles. The van der Waals surface area contributed by atoms with Crippen LogP contribution in [0.1, 0.15) is 38.7 Å². The van der Waals surface area contributed by atoms with Crippen molar-refractivity contribution in [3.63, 3.8) is 0 Å². The SMILES string of the molecule is CC(C)NCc1ccc(-c2cccc(S(=O)(=O)N3CCC4(CC3)CC(NCC(O)COc3cccc(S(C)(=O)=O)c3)CO4)c2)cc1. The molecule has 1 spiro atoms. The van der Waals surface area contributed by atoms with Gasteiger partial charge in [0.1, 0.15) is 18.5 Å². The molecule has 2 fully saturated rings. The minimum Gasteiger partial charge on any atom is -0.491 e. The van der Waals surface area contributed by atoms with Crippen LogP contribution in [-0.4, -0.2) is 89.1 Å². The monoisotopic (exact) mass is 671 g/mol. The Morgan fingerprint density at radius 1 is 0.957 bits per heavy atom. The van der Waals surface area contributed by atoms with Crippen LogP contribution in [0.5, 0.6) is 5.75 Å². The lowest BCUT2D eigenvalue weighted by Crippen LogP contribution is -2.47. The molecule has 3 aromatic carbocycles. The van der Waals surface area contributed by atoms with E-state index in [-0.39, 0.29) is 29.0 Å². The van der Waals surface area contributed by atoms with Gasteiger partial charge in [0.25, 0.3) is 0 Å². The van der Waals surface area contributed by atoms with E-state index in [1.807, 2.05) is 18.2 Å². The van der Waals surface area contributed by atoms with E-state index in [9.17, 15) is 21.9 Å². The Bertz CT molecular complexity index is 1690. The third-order valence-electron chi connectivity index (χ3n) is 8.63. The molecule has 2 saturated heterocycles. The molecule has 2 aliphatic rings. The van der Waals surface area contributed by atoms with Gasteiger partial charge in [-0.05, 0) is 66.3 Å². The molecular formula is C34H45N3O7S2. The maximum Gasteiger partial charge on any atom is 0.243 e. The second kappa shape index (κ2) is 14.5. The zero-order valence-electron chi connectivity index (χ0n) is 26.7. The van der Waals surface area contributed by atoms with E-state index in [0.29, 0.717) is 44.3 Å². The summed E-state index contributed by atoms with van der Waals surface area (Å²) in [6, 6.07) is 22.0. The van der Waals surface area contributed by atoms with Gasteiger partial charge in [0.05, 0.1) is 22.0 Å². The van der Waals surface area contributed by atoms with Crippen molar-refractivity contribution in [2.75, 3.05) is 39.1 Å². The number of benzene rings is 3. The lowest BCUT2D eigenvalue weighted by atomic mass is 9.88. The number of ether oxygens (including phenoxy) is 2. The molecular weight excluding hydrogens is 627 g/mol. The van der Waals surface area contributed by atoms with E-state index in [1.165, 1.54) is 17.7 Å². The Morgan fingerprint density at radius 2 is 1.65 bits per heavy atom. The standard InChI is InChI=1S/C34H45N3O7S2/c1-25(2)35-21-26-10-12-27(13-11-26)28-6-4-9-33(18-28)46(41,42)37-16-14-34(15-17-37)20-29(23-44-34)36-22-30(38)24-43-31-7-5-8-32(19-31)45(3,39)40/h4-13,18-19,25,29-30,35-36,38H,14-17,20-24H2,1-3H3. The fourth-order valence-corrected chi connectivity index (χ4v) is 8.07. The smallest absolute Gasteiger partial charge is 0.243 e. The van der Waals surface area contributed by atoms with E-state index >= 15 is 0 Å². The molecule has 10 nitrogen and oxygen atoms in total. The molecule has 12 heteroatoms. The van der Waals surface area contributed by atoms with Crippen molar-refractivity contribution in [2.45, 2.75) is 73.2 Å². The summed E-state index contributed by atoms with van der Waals surface area (Å²) in [5, 5.41) is 17.2. The number of hydrogen-bond acceptors (Lipinski definition) is 9. The highest BCUT2D eigenvalue weighted by Gasteiger charge is 2.44. The number of piperidine rings is 1. The zero-order chi connectivity index (χ0) is 33.0. The van der Waals surface area contributed by atoms with Crippen LogP contribution < -0.4 is 15.4 Å². The Hall–Kier alpha value is -2.84. The van der Waals surface area contributed by atoms with E-state index in [2.05, 4.69) is 36.6 Å². The molecule has 5 rings (SSSR count). The first-order chi connectivity index (χ1) is 21.8. The predicted molar refractivity (Wildman–Crippen MR) is 178 cm³/mol. The summed E-state index contributed by atoms with van der Waals surface area (Å²) < 4.78 is 64.2. The lowest BCUT2D eigenvalue weighted by molar-refractivity contribution is -0.0312. The molecule has 250 valence electrons. The number of aliphatic hydroxyl groups is 1. The molecule has 3 aromatic rings. The summed E-state index contributed by atoms with van der Waals surface area (Å²) in [5.41, 5.74) is 2.61. The Kier molecular flexibility index (Phi) is 10.9. The van der Waals surface area contributed by atoms with Crippen LogP contribution >= 0.6 is 0 Å². The number of aliphatic hydroxyl groups excluding tert-OH is 1. The maximum atomic E-state index is 13.6. The van der Waals surface area contributed by atoms with Gasteiger partial charge in [-0.2, -0.15) is 4.31 Å². The van der Waals surface area contributed by atoms with E-state index in [0.717, 1.165) is 30.3 Å². The van der Waals surface area contributed by atoms with Gasteiger partial charge >= 0.3 is 0 Å². The molecule has 3 N–H and O–H groups in total. The molecule has 0 amide bonds. The highest BCUT2D eigenvalue weighted by atomic mass is 32.2. The molecule has 0 aliphatic carbocycles. The fraction of sp³-hybridized carbons (Fsp3) is 0.471. The first kappa shape index (κ1) is 34.5. The lowest BCUT2D eigenvalue weighted by Gasteiger charge is -2.38. The third-order valence-corrected chi connectivity index (χ3v) is 11.6. The molecule has 0 saturated carbocycles. The van der Waals surface area contributed by atoms with Gasteiger partial charge in [0.2, 0.25) is 10.0 Å². The van der Waals surface area contributed by atoms with Crippen LogP contribution in [0, 0.1) is 0 Å². The maximum absolute atomic E-state index is 13.6. The predicted octanol–water partition coefficient (Wildman–Crippen LogP) is 3.60. The van der Waals surface area contributed by atoms with Gasteiger partial charge in [-0.15, -0.1) is 0 Å². The highest BCUT2D eigenvalue weighted by molar-refractivity contribution is 7.90. The quantitative estimate of drug-likeness (QED) is 0.249. The Labute approximate surface area is 273 Å². The first-order valence-electron chi connectivity index (χ1n) is 15.7. The van der Waals surface area contributed by atoms with Crippen molar-refractivity contribution in [3.05, 3.63) is 78.4 Å². The summed E-state index contributed by atoms with van der Waals surface area (Å²) in [5.74, 6) is 0.377. The second-order valence-electron chi connectivity index (χ2n) is 12.7. The van der Waals surface area contributed by atoms with Crippen molar-refractivity contribution >= 4 is 19.9 Å². The van der Waals surface area contributed by atoms with Crippen molar-refractivity contribution < 1.29 is 31.4 Å². The van der Waals surface area contributed by atoms with Crippen LogP contribution in [0.25, 0.3) is 11.1 Å². The van der Waals surface area contributed by atoms with E-state index in [4.69, 9.17) is 9.47 Å². The number of nitrogens with one attached hydrogen (secondary N) is 2. The average Bonchev–Trinajstić information content (AvgIpc) is 3.44. The number of sulfone groups is 1. The Balaban J connectivity index is 1.10. The van der Waals surface area contributed by atoms with Crippen LogP contribution in [0.3, 0.4) is 0 Å². The summed E-state index contributed by atoms with van der Waals surface area (Å²) in [7, 11) is -7.02. The number of sulfonamides is 1. The van der Waals surface area contributed by atoms with Gasteiger partial charge in [-0.25, -0.2) is 16.8 Å². The minimum atomic E-state index is -3.67. The number of hydrogen-bond donors (Lipinski definition) is 3. The molecule has 0 aromatic heterocycles. The van der Waals surface area contributed by atoms with Gasteiger partial charge in [-0.1, -0.05) is 56.3 Å². The summed E-state index contributed by atoms with van der Waals surface area (Å²) in [4.78, 5) is 0.451. The minimum absolute atomic E-state index is 0.00798. The van der Waals surface area contributed by atoms with Gasteiger partial charge in [0.15, 0.2) is 9.84 Å². The van der Waals surface area contributed by atoms with Gasteiger partial charge < -0.3 is 25.2 Å². The second-order valence-corrected chi connectivity index (χ2v) is 16.6. The number of rotatable bonds is 13. The molecule has 0 bridgehead atoms. The summed E-state index contributed by atoms with van der Waals surface area (Å²) >= 11 is 0.